The number of alkyl halides is 1. The Morgan fingerprint density at radius 3 is 2.44 bits per heavy atom. The number of fused-ring (bicyclic) bond motifs is 1. The number of imidazole rings is 1. The molecule has 0 aliphatic heterocycles. The Bertz CT molecular complexity index is 916. The molecule has 0 aliphatic carbocycles. The zero-order valence-corrected chi connectivity index (χ0v) is 16.4. The molecule has 0 fully saturated rings. The van der Waals surface area contributed by atoms with Crippen molar-refractivity contribution in [3.05, 3.63) is 59.4 Å². The van der Waals surface area contributed by atoms with E-state index in [-0.39, 0.29) is 4.11 Å². The van der Waals surface area contributed by atoms with E-state index in [4.69, 9.17) is 4.74 Å². The second-order valence-corrected chi connectivity index (χ2v) is 7.78. The van der Waals surface area contributed by atoms with Crippen molar-refractivity contribution in [2.45, 2.75) is 31.0 Å². The summed E-state index contributed by atoms with van der Waals surface area (Å²) in [5.41, 5.74) is 4.65. The maximum Gasteiger partial charge on any atom is 0.342 e. The van der Waals surface area contributed by atoms with Gasteiger partial charge >= 0.3 is 5.97 Å². The Hall–Kier alpha value is -1.93. The fraction of sp³-hybridized carbons (Fsp3) is 0.263. The topological polar surface area (TPSA) is 63.8 Å². The van der Waals surface area contributed by atoms with Crippen LogP contribution in [0.15, 0.2) is 42.6 Å². The van der Waals surface area contributed by atoms with Crippen molar-refractivity contribution in [1.29, 1.82) is 0 Å². The van der Waals surface area contributed by atoms with Crippen LogP contribution >= 0.6 is 22.6 Å². The maximum atomic E-state index is 12.3. The van der Waals surface area contributed by atoms with Gasteiger partial charge in [-0.3, -0.25) is 4.40 Å². The van der Waals surface area contributed by atoms with Gasteiger partial charge in [0.15, 0.2) is 6.10 Å². The molecule has 2 heterocycles. The van der Waals surface area contributed by atoms with Gasteiger partial charge in [0.2, 0.25) is 0 Å². The Morgan fingerprint density at radius 2 is 1.80 bits per heavy atom. The molecule has 3 rings (SSSR count). The number of hydrogen-bond donors (Lipinski definition) is 1. The minimum absolute atomic E-state index is 0.330. The van der Waals surface area contributed by atoms with Crippen LogP contribution in [0, 0.1) is 13.8 Å². The van der Waals surface area contributed by atoms with Crippen molar-refractivity contribution in [2.24, 2.45) is 0 Å². The number of rotatable bonds is 4. The Labute approximate surface area is 159 Å². The van der Waals surface area contributed by atoms with E-state index < -0.39 is 12.1 Å². The molecule has 0 amide bonds. The first-order valence-electron chi connectivity index (χ1n) is 7.95. The van der Waals surface area contributed by atoms with Gasteiger partial charge in [-0.15, -0.1) is 0 Å². The second kappa shape index (κ2) is 7.13. The quantitative estimate of drug-likeness (QED) is 0.371. The van der Waals surface area contributed by atoms with Crippen LogP contribution in [0.5, 0.6) is 0 Å². The summed E-state index contributed by atoms with van der Waals surface area (Å²) < 4.78 is 6.61. The van der Waals surface area contributed by atoms with Gasteiger partial charge in [-0.25, -0.2) is 9.78 Å². The van der Waals surface area contributed by atoms with Gasteiger partial charge in [0.1, 0.15) is 9.76 Å². The summed E-state index contributed by atoms with van der Waals surface area (Å²) in [6.45, 7) is 5.70. The first kappa shape index (κ1) is 17.9. The average Bonchev–Trinajstić information content (AvgIpc) is 2.92. The van der Waals surface area contributed by atoms with Crippen molar-refractivity contribution in [2.75, 3.05) is 0 Å². The van der Waals surface area contributed by atoms with Crippen LogP contribution < -0.4 is 0 Å². The third kappa shape index (κ3) is 3.69. The normalized spacial score (nSPS) is 13.6. The number of pyridine rings is 1. The van der Waals surface area contributed by atoms with Crippen LogP contribution in [0.1, 0.15) is 29.8 Å². The molecule has 25 heavy (non-hydrogen) atoms. The molecule has 2 unspecified atom stereocenters. The lowest BCUT2D eigenvalue weighted by Crippen LogP contribution is -2.20. The van der Waals surface area contributed by atoms with Crippen LogP contribution in [0.25, 0.3) is 16.9 Å². The first-order valence-corrected chi connectivity index (χ1v) is 9.19. The molecule has 0 bridgehead atoms. The summed E-state index contributed by atoms with van der Waals surface area (Å²) in [5.74, 6) is -0.682. The molecular formula is C19H19IN2O3. The fourth-order valence-electron chi connectivity index (χ4n) is 2.69. The smallest absolute Gasteiger partial charge is 0.342 e. The van der Waals surface area contributed by atoms with Crippen LogP contribution in [0.4, 0.5) is 0 Å². The number of carbonyl (C=O) groups is 1. The number of aliphatic hydroxyl groups excluding tert-OH is 1. The minimum atomic E-state index is -1.41. The summed E-state index contributed by atoms with van der Waals surface area (Å²) >= 11 is 1.98. The van der Waals surface area contributed by atoms with E-state index in [0.29, 0.717) is 17.0 Å². The number of aromatic nitrogens is 2. The highest BCUT2D eigenvalue weighted by Crippen LogP contribution is 2.30. The van der Waals surface area contributed by atoms with E-state index in [1.54, 1.807) is 11.3 Å². The van der Waals surface area contributed by atoms with E-state index in [2.05, 4.69) is 4.98 Å². The van der Waals surface area contributed by atoms with Crippen molar-refractivity contribution in [1.82, 2.24) is 9.38 Å². The van der Waals surface area contributed by atoms with Gasteiger partial charge in [0, 0.05) is 11.8 Å². The summed E-state index contributed by atoms with van der Waals surface area (Å²) in [6, 6.07) is 11.6. The third-order valence-corrected chi connectivity index (χ3v) is 4.14. The van der Waals surface area contributed by atoms with E-state index in [9.17, 15) is 9.90 Å². The number of aryl methyl sites for hydroxylation is 2. The predicted octanol–water partition coefficient (Wildman–Crippen LogP) is 3.98. The number of nitrogens with zero attached hydrogens (tertiary/aromatic N) is 2. The van der Waals surface area contributed by atoms with Crippen molar-refractivity contribution < 1.29 is 14.6 Å². The largest absolute Gasteiger partial charge is 0.450 e. The molecule has 2 aromatic heterocycles. The first-order chi connectivity index (χ1) is 11.9. The number of benzene rings is 1. The van der Waals surface area contributed by atoms with Gasteiger partial charge in [-0.1, -0.05) is 35.9 Å². The van der Waals surface area contributed by atoms with Gasteiger partial charge in [-0.05, 0) is 55.0 Å². The van der Waals surface area contributed by atoms with E-state index in [1.807, 2.05) is 79.0 Å². The lowest BCUT2D eigenvalue weighted by atomic mass is 10.1. The van der Waals surface area contributed by atoms with Gasteiger partial charge in [0.05, 0.1) is 11.4 Å². The SMILES string of the molecule is Cc1ccc(-c2nc3ccc(C)cn3c2C(O)C(=O)OC(C)I)cc1. The minimum Gasteiger partial charge on any atom is -0.450 e. The molecule has 0 radical (unpaired) electrons. The molecule has 2 atom stereocenters. The lowest BCUT2D eigenvalue weighted by Gasteiger charge is -2.14. The highest BCUT2D eigenvalue weighted by Gasteiger charge is 2.28. The molecule has 3 aromatic rings. The van der Waals surface area contributed by atoms with E-state index >= 15 is 0 Å². The highest BCUT2D eigenvalue weighted by atomic mass is 127. The summed E-state index contributed by atoms with van der Waals surface area (Å²) in [4.78, 5) is 16.9. The zero-order valence-electron chi connectivity index (χ0n) is 14.2. The number of ether oxygens (including phenoxy) is 1. The third-order valence-electron chi connectivity index (χ3n) is 3.89. The van der Waals surface area contributed by atoms with Crippen molar-refractivity contribution >= 4 is 34.2 Å². The molecule has 5 nitrogen and oxygen atoms in total. The molecule has 0 saturated carbocycles. The molecular weight excluding hydrogens is 431 g/mol. The predicted molar refractivity (Wildman–Crippen MR) is 105 cm³/mol. The number of esters is 1. The Morgan fingerprint density at radius 1 is 1.16 bits per heavy atom. The van der Waals surface area contributed by atoms with Gasteiger partial charge in [0.25, 0.3) is 0 Å². The molecule has 0 saturated heterocycles. The molecule has 0 spiro atoms. The van der Waals surface area contributed by atoms with Crippen molar-refractivity contribution in [3.63, 3.8) is 0 Å². The van der Waals surface area contributed by atoms with Crippen LogP contribution in [0.3, 0.4) is 0 Å². The summed E-state index contributed by atoms with van der Waals surface area (Å²) in [5, 5.41) is 10.7. The highest BCUT2D eigenvalue weighted by molar-refractivity contribution is 14.1. The maximum absolute atomic E-state index is 12.3. The molecule has 6 heteroatoms. The van der Waals surface area contributed by atoms with Crippen LogP contribution in [-0.4, -0.2) is 24.6 Å². The molecule has 130 valence electrons. The van der Waals surface area contributed by atoms with Crippen molar-refractivity contribution in [3.8, 4) is 11.3 Å². The van der Waals surface area contributed by atoms with Gasteiger partial charge in [-0.2, -0.15) is 0 Å². The average molecular weight is 450 g/mol. The van der Waals surface area contributed by atoms with Crippen LogP contribution in [-0.2, 0) is 9.53 Å². The lowest BCUT2D eigenvalue weighted by molar-refractivity contribution is -0.154. The fourth-order valence-corrected chi connectivity index (χ4v) is 2.94. The standard InChI is InChI=1S/C19H19IN2O3/c1-11-4-7-14(8-5-11)16-17(18(23)19(24)25-13(3)20)22-10-12(2)6-9-15(22)21-16/h4-10,13,18,23H,1-3H3. The second-order valence-electron chi connectivity index (χ2n) is 6.03. The number of carbonyl (C=O) groups excluding carboxylic acids is 1. The summed E-state index contributed by atoms with van der Waals surface area (Å²) in [6.07, 6.45) is 0.449. The summed E-state index contributed by atoms with van der Waals surface area (Å²) in [7, 11) is 0. The molecule has 0 aliphatic rings. The number of halogens is 1. The van der Waals surface area contributed by atoms with E-state index in [1.165, 1.54) is 0 Å². The molecule has 1 N–H and O–H groups in total. The molecule has 1 aromatic carbocycles. The Kier molecular flexibility index (Phi) is 5.10. The van der Waals surface area contributed by atoms with Crippen LogP contribution in [0.2, 0.25) is 0 Å². The number of aliphatic hydroxyl groups is 1. The van der Waals surface area contributed by atoms with E-state index in [0.717, 1.165) is 16.7 Å². The Balaban J connectivity index is 2.19. The monoisotopic (exact) mass is 450 g/mol. The van der Waals surface area contributed by atoms with Gasteiger partial charge < -0.3 is 9.84 Å². The zero-order chi connectivity index (χ0) is 18.1. The number of hydrogen-bond acceptors (Lipinski definition) is 4.